The van der Waals surface area contributed by atoms with Gasteiger partial charge in [-0.25, -0.2) is 9.97 Å². The molecule has 0 saturated carbocycles. The molecule has 3 rings (SSSR count). The number of aryl methyl sites for hydroxylation is 2. The van der Waals surface area contributed by atoms with Crippen LogP contribution in [-0.4, -0.2) is 15.9 Å². The van der Waals surface area contributed by atoms with Gasteiger partial charge in [0.15, 0.2) is 0 Å². The van der Waals surface area contributed by atoms with E-state index in [1.807, 2.05) is 31.2 Å². The summed E-state index contributed by atoms with van der Waals surface area (Å²) in [5.41, 5.74) is 4.07. The standard InChI is InChI=1S/C21H19N5O/c1-14-7-3-4-9-17(14)13-23-21-24-15(2)11-19(26-21)20(27)25-18-10-6-5-8-16(18)12-22/h3-11H,13H2,1-2H3,(H,25,27)(H,23,24,26). The van der Waals surface area contributed by atoms with Gasteiger partial charge >= 0.3 is 0 Å². The lowest BCUT2D eigenvalue weighted by Gasteiger charge is -2.10. The zero-order valence-corrected chi connectivity index (χ0v) is 15.2. The number of carbonyl (C=O) groups excluding carboxylic acids is 1. The molecule has 2 aromatic carbocycles. The number of hydrogen-bond donors (Lipinski definition) is 2. The van der Waals surface area contributed by atoms with Gasteiger partial charge < -0.3 is 10.6 Å². The number of hydrogen-bond acceptors (Lipinski definition) is 5. The molecule has 0 aliphatic rings. The second kappa shape index (κ2) is 8.11. The number of carbonyl (C=O) groups is 1. The Labute approximate surface area is 157 Å². The van der Waals surface area contributed by atoms with Crippen LogP contribution in [0.1, 0.15) is 32.9 Å². The molecule has 0 bridgehead atoms. The minimum absolute atomic E-state index is 0.238. The van der Waals surface area contributed by atoms with Crippen molar-refractivity contribution in [3.8, 4) is 6.07 Å². The van der Waals surface area contributed by atoms with Gasteiger partial charge in [-0.3, -0.25) is 4.79 Å². The molecule has 3 aromatic rings. The SMILES string of the molecule is Cc1cc(C(=O)Nc2ccccc2C#N)nc(NCc2ccccc2C)n1. The van der Waals surface area contributed by atoms with Crippen LogP contribution in [0.25, 0.3) is 0 Å². The number of aromatic nitrogens is 2. The van der Waals surface area contributed by atoms with Crippen LogP contribution in [0.15, 0.2) is 54.6 Å². The van der Waals surface area contributed by atoms with E-state index < -0.39 is 0 Å². The van der Waals surface area contributed by atoms with Crippen LogP contribution in [0.4, 0.5) is 11.6 Å². The summed E-state index contributed by atoms with van der Waals surface area (Å²) in [5, 5.41) is 15.1. The Morgan fingerprint density at radius 1 is 1.07 bits per heavy atom. The molecule has 0 spiro atoms. The van der Waals surface area contributed by atoms with Crippen molar-refractivity contribution in [1.82, 2.24) is 9.97 Å². The third-order valence-corrected chi connectivity index (χ3v) is 4.08. The van der Waals surface area contributed by atoms with E-state index in [2.05, 4.69) is 26.7 Å². The average Bonchev–Trinajstić information content (AvgIpc) is 2.67. The summed E-state index contributed by atoms with van der Waals surface area (Å²) >= 11 is 0. The van der Waals surface area contributed by atoms with Gasteiger partial charge in [0.05, 0.1) is 11.3 Å². The Morgan fingerprint density at radius 3 is 2.59 bits per heavy atom. The van der Waals surface area contributed by atoms with Crippen LogP contribution < -0.4 is 10.6 Å². The van der Waals surface area contributed by atoms with Gasteiger partial charge in [-0.1, -0.05) is 36.4 Å². The van der Waals surface area contributed by atoms with E-state index in [0.29, 0.717) is 29.4 Å². The molecule has 0 aliphatic carbocycles. The summed E-state index contributed by atoms with van der Waals surface area (Å²) in [4.78, 5) is 21.2. The second-order valence-corrected chi connectivity index (χ2v) is 6.11. The lowest BCUT2D eigenvalue weighted by atomic mass is 10.1. The van der Waals surface area contributed by atoms with E-state index in [-0.39, 0.29) is 11.6 Å². The van der Waals surface area contributed by atoms with Crippen molar-refractivity contribution >= 4 is 17.5 Å². The first-order chi connectivity index (χ1) is 13.1. The molecule has 0 fully saturated rings. The first-order valence-corrected chi connectivity index (χ1v) is 8.51. The highest BCUT2D eigenvalue weighted by Crippen LogP contribution is 2.16. The third-order valence-electron chi connectivity index (χ3n) is 4.08. The number of amides is 1. The molecule has 2 N–H and O–H groups in total. The summed E-state index contributed by atoms with van der Waals surface area (Å²) < 4.78 is 0. The average molecular weight is 357 g/mol. The molecule has 1 aromatic heterocycles. The largest absolute Gasteiger partial charge is 0.350 e. The van der Waals surface area contributed by atoms with Gasteiger partial charge in [0, 0.05) is 12.2 Å². The highest BCUT2D eigenvalue weighted by Gasteiger charge is 2.13. The van der Waals surface area contributed by atoms with Gasteiger partial charge in [-0.15, -0.1) is 0 Å². The number of anilines is 2. The number of nitrogens with zero attached hydrogens (tertiary/aromatic N) is 3. The predicted octanol–water partition coefficient (Wildman–Crippen LogP) is 3.83. The maximum absolute atomic E-state index is 12.6. The second-order valence-electron chi connectivity index (χ2n) is 6.11. The quantitative estimate of drug-likeness (QED) is 0.724. The van der Waals surface area contributed by atoms with E-state index in [0.717, 1.165) is 5.56 Å². The number of nitrogens with one attached hydrogen (secondary N) is 2. The molecule has 1 heterocycles. The molecule has 6 heteroatoms. The summed E-state index contributed by atoms with van der Waals surface area (Å²) in [7, 11) is 0. The Balaban J connectivity index is 1.77. The van der Waals surface area contributed by atoms with Crippen molar-refractivity contribution < 1.29 is 4.79 Å². The number of benzene rings is 2. The van der Waals surface area contributed by atoms with Crippen molar-refractivity contribution in [2.24, 2.45) is 0 Å². The topological polar surface area (TPSA) is 90.7 Å². The van der Waals surface area contributed by atoms with E-state index in [4.69, 9.17) is 5.26 Å². The third kappa shape index (κ3) is 4.47. The lowest BCUT2D eigenvalue weighted by molar-refractivity contribution is 0.102. The normalized spacial score (nSPS) is 10.1. The van der Waals surface area contributed by atoms with Crippen molar-refractivity contribution in [3.63, 3.8) is 0 Å². The van der Waals surface area contributed by atoms with Gasteiger partial charge in [0.25, 0.3) is 5.91 Å². The lowest BCUT2D eigenvalue weighted by Crippen LogP contribution is -2.17. The van der Waals surface area contributed by atoms with E-state index >= 15 is 0 Å². The Kier molecular flexibility index (Phi) is 5.43. The minimum Gasteiger partial charge on any atom is -0.350 e. The zero-order valence-electron chi connectivity index (χ0n) is 15.2. The summed E-state index contributed by atoms with van der Waals surface area (Å²) in [6.07, 6.45) is 0. The van der Waals surface area contributed by atoms with Gasteiger partial charge in [-0.2, -0.15) is 5.26 Å². The first-order valence-electron chi connectivity index (χ1n) is 8.51. The van der Waals surface area contributed by atoms with Gasteiger partial charge in [-0.05, 0) is 43.2 Å². The molecular formula is C21H19N5O. The number of nitriles is 1. The molecule has 134 valence electrons. The number of rotatable bonds is 5. The van der Waals surface area contributed by atoms with Crippen molar-refractivity contribution in [3.05, 3.63) is 82.7 Å². The molecule has 0 saturated heterocycles. The van der Waals surface area contributed by atoms with Gasteiger partial charge in [0.2, 0.25) is 5.95 Å². The molecular weight excluding hydrogens is 338 g/mol. The van der Waals surface area contributed by atoms with Crippen LogP contribution in [0.2, 0.25) is 0 Å². The Bertz CT molecular complexity index is 1020. The van der Waals surface area contributed by atoms with E-state index in [1.54, 1.807) is 37.3 Å². The van der Waals surface area contributed by atoms with Crippen LogP contribution in [0, 0.1) is 25.2 Å². The smallest absolute Gasteiger partial charge is 0.274 e. The minimum atomic E-state index is -0.387. The summed E-state index contributed by atoms with van der Waals surface area (Å²) in [6.45, 7) is 4.41. The molecule has 0 radical (unpaired) electrons. The molecule has 6 nitrogen and oxygen atoms in total. The van der Waals surface area contributed by atoms with E-state index in [9.17, 15) is 4.79 Å². The van der Waals surface area contributed by atoms with Crippen molar-refractivity contribution in [1.29, 1.82) is 5.26 Å². The Hall–Kier alpha value is -3.72. The van der Waals surface area contributed by atoms with Gasteiger partial charge in [0.1, 0.15) is 11.8 Å². The molecule has 27 heavy (non-hydrogen) atoms. The highest BCUT2D eigenvalue weighted by atomic mass is 16.1. The fourth-order valence-corrected chi connectivity index (χ4v) is 2.62. The van der Waals surface area contributed by atoms with Crippen molar-refractivity contribution in [2.45, 2.75) is 20.4 Å². The Morgan fingerprint density at radius 2 is 1.81 bits per heavy atom. The summed E-state index contributed by atoms with van der Waals surface area (Å²) in [6, 6.07) is 18.6. The fourth-order valence-electron chi connectivity index (χ4n) is 2.62. The zero-order chi connectivity index (χ0) is 19.2. The first kappa shape index (κ1) is 18.1. The van der Waals surface area contributed by atoms with Crippen molar-refractivity contribution in [2.75, 3.05) is 10.6 Å². The highest BCUT2D eigenvalue weighted by molar-refractivity contribution is 6.03. The number of para-hydroxylation sites is 1. The summed E-state index contributed by atoms with van der Waals surface area (Å²) in [5.74, 6) is -0.000821. The van der Waals surface area contributed by atoms with Crippen LogP contribution >= 0.6 is 0 Å². The maximum Gasteiger partial charge on any atom is 0.274 e. The van der Waals surface area contributed by atoms with E-state index in [1.165, 1.54) is 5.56 Å². The monoisotopic (exact) mass is 357 g/mol. The van der Waals surface area contributed by atoms with Crippen LogP contribution in [0.5, 0.6) is 0 Å². The molecule has 0 atom stereocenters. The maximum atomic E-state index is 12.6. The molecule has 0 aliphatic heterocycles. The molecule has 0 unspecified atom stereocenters. The fraction of sp³-hybridized carbons (Fsp3) is 0.143. The van der Waals surface area contributed by atoms with Crippen LogP contribution in [-0.2, 0) is 6.54 Å². The van der Waals surface area contributed by atoms with Crippen LogP contribution in [0.3, 0.4) is 0 Å². The molecule has 1 amide bonds. The predicted molar refractivity (Wildman–Crippen MR) is 104 cm³/mol.